The van der Waals surface area contributed by atoms with Crippen LogP contribution in [0.15, 0.2) is 6.07 Å². The SMILES string of the molecule is CCC(=O)c1c(O)cc(C)c(Cl)c1C. The summed E-state index contributed by atoms with van der Waals surface area (Å²) in [5.41, 5.74) is 1.80. The lowest BCUT2D eigenvalue weighted by molar-refractivity contribution is 0.0985. The van der Waals surface area contributed by atoms with Crippen LogP contribution in [0.3, 0.4) is 0 Å². The largest absolute Gasteiger partial charge is 0.507 e. The van der Waals surface area contributed by atoms with Gasteiger partial charge < -0.3 is 5.11 Å². The predicted molar refractivity (Wildman–Crippen MR) is 57.2 cm³/mol. The average Bonchev–Trinajstić information content (AvgIpc) is 2.14. The first kappa shape index (κ1) is 11.1. The van der Waals surface area contributed by atoms with Crippen LogP contribution in [0.1, 0.15) is 34.8 Å². The van der Waals surface area contributed by atoms with Crippen LogP contribution in [0.4, 0.5) is 0 Å². The zero-order chi connectivity index (χ0) is 10.9. The van der Waals surface area contributed by atoms with Crippen molar-refractivity contribution in [2.45, 2.75) is 27.2 Å². The van der Waals surface area contributed by atoms with E-state index in [1.807, 2.05) is 0 Å². The van der Waals surface area contributed by atoms with Crippen molar-refractivity contribution in [3.8, 4) is 5.75 Å². The van der Waals surface area contributed by atoms with Crippen LogP contribution in [0.2, 0.25) is 5.02 Å². The number of carbonyl (C=O) groups is 1. The summed E-state index contributed by atoms with van der Waals surface area (Å²) in [4.78, 5) is 11.5. The molecule has 1 aromatic carbocycles. The summed E-state index contributed by atoms with van der Waals surface area (Å²) in [5.74, 6) is -0.0573. The molecule has 0 saturated carbocycles. The average molecular weight is 213 g/mol. The molecule has 0 amide bonds. The molecular weight excluding hydrogens is 200 g/mol. The number of benzene rings is 1. The molecule has 1 rings (SSSR count). The van der Waals surface area contributed by atoms with Crippen LogP contribution in [-0.4, -0.2) is 10.9 Å². The number of aryl methyl sites for hydroxylation is 1. The molecule has 0 saturated heterocycles. The van der Waals surface area contributed by atoms with Gasteiger partial charge in [0.25, 0.3) is 0 Å². The Labute approximate surface area is 88.5 Å². The van der Waals surface area contributed by atoms with Crippen LogP contribution in [0, 0.1) is 13.8 Å². The molecule has 3 heteroatoms. The van der Waals surface area contributed by atoms with Gasteiger partial charge in [0.15, 0.2) is 5.78 Å². The van der Waals surface area contributed by atoms with Crippen molar-refractivity contribution < 1.29 is 9.90 Å². The third kappa shape index (κ3) is 1.75. The number of hydrogen-bond donors (Lipinski definition) is 1. The Morgan fingerprint density at radius 1 is 1.50 bits per heavy atom. The molecule has 0 spiro atoms. The molecule has 0 aliphatic heterocycles. The van der Waals surface area contributed by atoms with Gasteiger partial charge in [-0.25, -0.2) is 0 Å². The Morgan fingerprint density at radius 3 is 2.57 bits per heavy atom. The van der Waals surface area contributed by atoms with Crippen molar-refractivity contribution in [3.05, 3.63) is 27.8 Å². The van der Waals surface area contributed by atoms with E-state index in [0.29, 0.717) is 22.6 Å². The number of phenols is 1. The summed E-state index contributed by atoms with van der Waals surface area (Å²) in [6.07, 6.45) is 0.369. The highest BCUT2D eigenvalue weighted by Crippen LogP contribution is 2.31. The summed E-state index contributed by atoms with van der Waals surface area (Å²) >= 11 is 5.99. The van der Waals surface area contributed by atoms with Crippen molar-refractivity contribution in [2.75, 3.05) is 0 Å². The molecule has 14 heavy (non-hydrogen) atoms. The second-order valence-corrected chi connectivity index (χ2v) is 3.68. The van der Waals surface area contributed by atoms with E-state index in [1.54, 1.807) is 20.8 Å². The number of ketones is 1. The first-order valence-corrected chi connectivity index (χ1v) is 4.88. The highest BCUT2D eigenvalue weighted by atomic mass is 35.5. The topological polar surface area (TPSA) is 37.3 Å². The standard InChI is InChI=1S/C11H13ClO2/c1-4-8(13)10-7(3)11(12)6(2)5-9(10)14/h5,14H,4H2,1-3H3. The molecule has 0 radical (unpaired) electrons. The van der Waals surface area contributed by atoms with E-state index in [-0.39, 0.29) is 11.5 Å². The van der Waals surface area contributed by atoms with Crippen LogP contribution in [0.25, 0.3) is 0 Å². The summed E-state index contributed by atoms with van der Waals surface area (Å²) in [5, 5.41) is 10.2. The van der Waals surface area contributed by atoms with E-state index < -0.39 is 0 Å². The smallest absolute Gasteiger partial charge is 0.166 e. The number of Topliss-reactive ketones (excluding diaryl/α,β-unsaturated/α-hetero) is 1. The fourth-order valence-corrected chi connectivity index (χ4v) is 1.62. The molecular formula is C11H13ClO2. The van der Waals surface area contributed by atoms with E-state index in [9.17, 15) is 9.90 Å². The molecule has 2 nitrogen and oxygen atoms in total. The first-order valence-electron chi connectivity index (χ1n) is 4.50. The maximum atomic E-state index is 11.5. The van der Waals surface area contributed by atoms with Gasteiger partial charge in [0.05, 0.1) is 5.56 Å². The fraction of sp³-hybridized carbons (Fsp3) is 0.364. The number of aromatic hydroxyl groups is 1. The molecule has 0 aromatic heterocycles. The Bertz CT molecular complexity index is 383. The third-order valence-electron chi connectivity index (χ3n) is 2.26. The van der Waals surface area contributed by atoms with Gasteiger partial charge in [0, 0.05) is 11.4 Å². The Balaban J connectivity index is 3.44. The summed E-state index contributed by atoms with van der Waals surface area (Å²) < 4.78 is 0. The molecule has 0 fully saturated rings. The number of carbonyl (C=O) groups excluding carboxylic acids is 1. The third-order valence-corrected chi connectivity index (χ3v) is 2.84. The fourth-order valence-electron chi connectivity index (χ4n) is 1.47. The van der Waals surface area contributed by atoms with E-state index in [2.05, 4.69) is 0 Å². The second kappa shape index (κ2) is 4.01. The first-order chi connectivity index (χ1) is 6.49. The van der Waals surface area contributed by atoms with Gasteiger partial charge in [-0.05, 0) is 31.0 Å². The van der Waals surface area contributed by atoms with Gasteiger partial charge in [-0.2, -0.15) is 0 Å². The molecule has 0 atom stereocenters. The van der Waals surface area contributed by atoms with Gasteiger partial charge in [0.2, 0.25) is 0 Å². The van der Waals surface area contributed by atoms with Crippen LogP contribution >= 0.6 is 11.6 Å². The van der Waals surface area contributed by atoms with E-state index in [1.165, 1.54) is 6.07 Å². The Morgan fingerprint density at radius 2 is 2.07 bits per heavy atom. The van der Waals surface area contributed by atoms with Gasteiger partial charge in [-0.15, -0.1) is 0 Å². The minimum Gasteiger partial charge on any atom is -0.507 e. The Hall–Kier alpha value is -1.02. The summed E-state index contributed by atoms with van der Waals surface area (Å²) in [6, 6.07) is 1.53. The number of halogens is 1. The van der Waals surface area contributed by atoms with Crippen molar-refractivity contribution in [2.24, 2.45) is 0 Å². The molecule has 0 bridgehead atoms. The lowest BCUT2D eigenvalue weighted by Crippen LogP contribution is -2.01. The van der Waals surface area contributed by atoms with Crippen LogP contribution in [-0.2, 0) is 0 Å². The molecule has 0 heterocycles. The monoisotopic (exact) mass is 212 g/mol. The zero-order valence-electron chi connectivity index (χ0n) is 8.52. The van der Waals surface area contributed by atoms with Crippen molar-refractivity contribution in [1.82, 2.24) is 0 Å². The van der Waals surface area contributed by atoms with Crippen LogP contribution < -0.4 is 0 Å². The lowest BCUT2D eigenvalue weighted by atomic mass is 9.99. The molecule has 1 aromatic rings. The normalized spacial score (nSPS) is 10.3. The van der Waals surface area contributed by atoms with E-state index >= 15 is 0 Å². The molecule has 0 unspecified atom stereocenters. The number of hydrogen-bond acceptors (Lipinski definition) is 2. The minimum absolute atomic E-state index is 0.0243. The van der Waals surface area contributed by atoms with Crippen LogP contribution in [0.5, 0.6) is 5.75 Å². The van der Waals surface area contributed by atoms with E-state index in [4.69, 9.17) is 11.6 Å². The molecule has 0 aliphatic rings. The van der Waals surface area contributed by atoms with Crippen molar-refractivity contribution >= 4 is 17.4 Å². The minimum atomic E-state index is -0.0816. The van der Waals surface area contributed by atoms with Crippen molar-refractivity contribution in [3.63, 3.8) is 0 Å². The summed E-state index contributed by atoms with van der Waals surface area (Å²) in [6.45, 7) is 5.31. The van der Waals surface area contributed by atoms with E-state index in [0.717, 1.165) is 5.56 Å². The maximum Gasteiger partial charge on any atom is 0.166 e. The quantitative estimate of drug-likeness (QED) is 0.765. The highest BCUT2D eigenvalue weighted by molar-refractivity contribution is 6.32. The lowest BCUT2D eigenvalue weighted by Gasteiger charge is -2.10. The second-order valence-electron chi connectivity index (χ2n) is 3.30. The van der Waals surface area contributed by atoms with Gasteiger partial charge in [-0.1, -0.05) is 18.5 Å². The highest BCUT2D eigenvalue weighted by Gasteiger charge is 2.16. The number of phenolic OH excluding ortho intramolecular Hbond substituents is 1. The number of rotatable bonds is 2. The summed E-state index contributed by atoms with van der Waals surface area (Å²) in [7, 11) is 0. The van der Waals surface area contributed by atoms with Gasteiger partial charge in [0.1, 0.15) is 5.75 Å². The Kier molecular flexibility index (Phi) is 3.17. The molecule has 76 valence electrons. The maximum absolute atomic E-state index is 11.5. The van der Waals surface area contributed by atoms with Gasteiger partial charge >= 0.3 is 0 Å². The zero-order valence-corrected chi connectivity index (χ0v) is 9.27. The van der Waals surface area contributed by atoms with Gasteiger partial charge in [-0.3, -0.25) is 4.79 Å². The van der Waals surface area contributed by atoms with Crippen molar-refractivity contribution in [1.29, 1.82) is 0 Å². The molecule has 1 N–H and O–H groups in total. The molecule has 0 aliphatic carbocycles. The predicted octanol–water partition coefficient (Wildman–Crippen LogP) is 3.26.